The lowest BCUT2D eigenvalue weighted by atomic mass is 10.0. The zero-order chi connectivity index (χ0) is 21.3. The van der Waals surface area contributed by atoms with Crippen LogP contribution in [0.1, 0.15) is 44.0 Å². The zero-order valence-electron chi connectivity index (χ0n) is 17.9. The third-order valence-electron chi connectivity index (χ3n) is 4.88. The van der Waals surface area contributed by atoms with E-state index in [2.05, 4.69) is 29.1 Å². The molecule has 8 nitrogen and oxygen atoms in total. The SMILES string of the molecule is CCOc1ncccc1-c1cnc2c(c(C(C)C)nn2C)c1NCc1coc(C)n1. The van der Waals surface area contributed by atoms with Crippen LogP contribution >= 0.6 is 0 Å². The Labute approximate surface area is 175 Å². The average molecular weight is 406 g/mol. The Morgan fingerprint density at radius 3 is 2.77 bits per heavy atom. The van der Waals surface area contributed by atoms with Crippen LogP contribution in [0.4, 0.5) is 5.69 Å². The second-order valence-electron chi connectivity index (χ2n) is 7.41. The smallest absolute Gasteiger partial charge is 0.221 e. The Morgan fingerprint density at radius 2 is 2.07 bits per heavy atom. The summed E-state index contributed by atoms with van der Waals surface area (Å²) < 4.78 is 13.0. The molecule has 0 aromatic carbocycles. The van der Waals surface area contributed by atoms with Gasteiger partial charge in [-0.2, -0.15) is 5.10 Å². The first kappa shape index (κ1) is 19.9. The number of oxazole rings is 1. The van der Waals surface area contributed by atoms with Crippen LogP contribution in [-0.4, -0.2) is 31.3 Å². The molecule has 1 N–H and O–H groups in total. The maximum absolute atomic E-state index is 5.79. The summed E-state index contributed by atoms with van der Waals surface area (Å²) in [5, 5.41) is 9.30. The molecule has 0 saturated carbocycles. The number of hydrogen-bond donors (Lipinski definition) is 1. The number of aryl methyl sites for hydroxylation is 2. The molecular weight excluding hydrogens is 380 g/mol. The second kappa shape index (κ2) is 8.14. The number of rotatable bonds is 7. The fourth-order valence-corrected chi connectivity index (χ4v) is 3.56. The van der Waals surface area contributed by atoms with E-state index in [1.54, 1.807) is 12.5 Å². The van der Waals surface area contributed by atoms with E-state index in [0.29, 0.717) is 24.9 Å². The number of ether oxygens (including phenoxy) is 1. The molecule has 0 amide bonds. The van der Waals surface area contributed by atoms with Crippen molar-refractivity contribution < 1.29 is 9.15 Å². The summed E-state index contributed by atoms with van der Waals surface area (Å²) in [7, 11) is 1.92. The van der Waals surface area contributed by atoms with E-state index in [0.717, 1.165) is 39.2 Å². The van der Waals surface area contributed by atoms with Crippen molar-refractivity contribution in [2.45, 2.75) is 40.2 Å². The third kappa shape index (κ3) is 3.60. The van der Waals surface area contributed by atoms with Gasteiger partial charge in [0.15, 0.2) is 11.5 Å². The second-order valence-corrected chi connectivity index (χ2v) is 7.41. The quantitative estimate of drug-likeness (QED) is 0.484. The number of hydrogen-bond acceptors (Lipinski definition) is 7. The Balaban J connectivity index is 1.92. The van der Waals surface area contributed by atoms with Crippen molar-refractivity contribution in [3.63, 3.8) is 0 Å². The first-order valence-corrected chi connectivity index (χ1v) is 10.1. The normalized spacial score (nSPS) is 11.4. The molecule has 0 aliphatic heterocycles. The zero-order valence-corrected chi connectivity index (χ0v) is 17.9. The van der Waals surface area contributed by atoms with E-state index < -0.39 is 0 Å². The minimum absolute atomic E-state index is 0.237. The molecule has 0 radical (unpaired) electrons. The highest BCUT2D eigenvalue weighted by atomic mass is 16.5. The minimum Gasteiger partial charge on any atom is -0.478 e. The van der Waals surface area contributed by atoms with Crippen molar-refractivity contribution in [2.24, 2.45) is 7.05 Å². The molecule has 0 aliphatic rings. The van der Waals surface area contributed by atoms with Gasteiger partial charge in [0.05, 0.1) is 35.6 Å². The van der Waals surface area contributed by atoms with Crippen LogP contribution in [0.3, 0.4) is 0 Å². The van der Waals surface area contributed by atoms with Gasteiger partial charge < -0.3 is 14.5 Å². The minimum atomic E-state index is 0.237. The summed E-state index contributed by atoms with van der Waals surface area (Å²) in [4.78, 5) is 13.6. The lowest BCUT2D eigenvalue weighted by molar-refractivity contribution is 0.328. The van der Waals surface area contributed by atoms with Gasteiger partial charge in [0.2, 0.25) is 5.88 Å². The molecule has 156 valence electrons. The summed E-state index contributed by atoms with van der Waals surface area (Å²) in [6.07, 6.45) is 5.25. The number of anilines is 1. The van der Waals surface area contributed by atoms with Gasteiger partial charge >= 0.3 is 0 Å². The van der Waals surface area contributed by atoms with Gasteiger partial charge in [-0.15, -0.1) is 0 Å². The molecule has 0 aliphatic carbocycles. The molecule has 0 saturated heterocycles. The van der Waals surface area contributed by atoms with E-state index in [1.165, 1.54) is 0 Å². The number of pyridine rings is 2. The molecule has 4 aromatic heterocycles. The largest absolute Gasteiger partial charge is 0.478 e. The van der Waals surface area contributed by atoms with Crippen molar-refractivity contribution in [1.29, 1.82) is 0 Å². The Kier molecular flexibility index (Phi) is 5.39. The molecule has 8 heteroatoms. The Morgan fingerprint density at radius 1 is 1.23 bits per heavy atom. The summed E-state index contributed by atoms with van der Waals surface area (Å²) in [5.74, 6) is 1.46. The highest BCUT2D eigenvalue weighted by Gasteiger charge is 2.22. The van der Waals surface area contributed by atoms with Gasteiger partial charge in [0, 0.05) is 37.5 Å². The van der Waals surface area contributed by atoms with Gasteiger partial charge in [0.25, 0.3) is 0 Å². The van der Waals surface area contributed by atoms with E-state index in [9.17, 15) is 0 Å². The van der Waals surface area contributed by atoms with Crippen molar-refractivity contribution >= 4 is 16.7 Å². The maximum Gasteiger partial charge on any atom is 0.221 e. The molecule has 0 unspecified atom stereocenters. The number of fused-ring (bicyclic) bond motifs is 1. The van der Waals surface area contributed by atoms with Crippen LogP contribution in [0.5, 0.6) is 5.88 Å². The van der Waals surface area contributed by atoms with Crippen LogP contribution in [0.2, 0.25) is 0 Å². The molecule has 0 fully saturated rings. The topological polar surface area (TPSA) is 90.9 Å². The molecule has 4 heterocycles. The van der Waals surface area contributed by atoms with E-state index >= 15 is 0 Å². The van der Waals surface area contributed by atoms with E-state index in [4.69, 9.17) is 19.2 Å². The number of aromatic nitrogens is 5. The van der Waals surface area contributed by atoms with E-state index in [1.807, 2.05) is 43.9 Å². The standard InChI is InChI=1S/C22H26N6O2/c1-6-29-22-16(8-7-9-23-22)17-11-25-21-18(19(13(2)3)27-28(21)5)20(17)24-10-15-12-30-14(4)26-15/h7-9,11-13H,6,10H2,1-5H3,(H,24,25). The van der Waals surface area contributed by atoms with Crippen LogP contribution in [-0.2, 0) is 13.6 Å². The lowest BCUT2D eigenvalue weighted by Crippen LogP contribution is -2.05. The summed E-state index contributed by atoms with van der Waals surface area (Å²) >= 11 is 0. The van der Waals surface area contributed by atoms with Gasteiger partial charge in [-0.25, -0.2) is 15.0 Å². The van der Waals surface area contributed by atoms with Crippen LogP contribution in [0, 0.1) is 6.92 Å². The highest BCUT2D eigenvalue weighted by molar-refractivity contribution is 6.00. The highest BCUT2D eigenvalue weighted by Crippen LogP contribution is 2.40. The molecule has 0 atom stereocenters. The average Bonchev–Trinajstić information content (AvgIpc) is 3.30. The van der Waals surface area contributed by atoms with Crippen LogP contribution < -0.4 is 10.1 Å². The summed E-state index contributed by atoms with van der Waals surface area (Å²) in [6.45, 7) is 9.10. The number of nitrogens with zero attached hydrogens (tertiary/aromatic N) is 5. The van der Waals surface area contributed by atoms with Crippen LogP contribution in [0.25, 0.3) is 22.2 Å². The first-order chi connectivity index (χ1) is 14.5. The van der Waals surface area contributed by atoms with Crippen molar-refractivity contribution in [3.8, 4) is 17.0 Å². The van der Waals surface area contributed by atoms with Gasteiger partial charge in [-0.1, -0.05) is 13.8 Å². The molecule has 30 heavy (non-hydrogen) atoms. The van der Waals surface area contributed by atoms with Gasteiger partial charge in [-0.3, -0.25) is 4.68 Å². The van der Waals surface area contributed by atoms with Crippen molar-refractivity contribution in [2.75, 3.05) is 11.9 Å². The Hall–Kier alpha value is -3.42. The maximum atomic E-state index is 5.79. The molecule has 0 spiro atoms. The third-order valence-corrected chi connectivity index (χ3v) is 4.88. The molecule has 0 bridgehead atoms. The van der Waals surface area contributed by atoms with E-state index in [-0.39, 0.29) is 5.92 Å². The summed E-state index contributed by atoms with van der Waals surface area (Å²) in [5.41, 5.74) is 5.37. The fraction of sp³-hybridized carbons (Fsp3) is 0.364. The van der Waals surface area contributed by atoms with Crippen molar-refractivity contribution in [1.82, 2.24) is 24.7 Å². The van der Waals surface area contributed by atoms with Gasteiger partial charge in [0.1, 0.15) is 6.26 Å². The molecule has 4 rings (SSSR count). The van der Waals surface area contributed by atoms with Crippen molar-refractivity contribution in [3.05, 3.63) is 48.1 Å². The number of nitrogens with one attached hydrogen (secondary N) is 1. The van der Waals surface area contributed by atoms with Gasteiger partial charge in [-0.05, 0) is 25.0 Å². The first-order valence-electron chi connectivity index (χ1n) is 10.1. The molecule has 4 aromatic rings. The monoisotopic (exact) mass is 406 g/mol. The fourth-order valence-electron chi connectivity index (χ4n) is 3.56. The summed E-state index contributed by atoms with van der Waals surface area (Å²) in [6, 6.07) is 3.90. The predicted molar refractivity (Wildman–Crippen MR) is 116 cm³/mol. The lowest BCUT2D eigenvalue weighted by Gasteiger charge is -2.16. The molecular formula is C22H26N6O2. The van der Waals surface area contributed by atoms with Crippen LogP contribution in [0.15, 0.2) is 35.2 Å². The Bertz CT molecular complexity index is 1180. The predicted octanol–water partition coefficient (Wildman–Crippen LogP) is 4.46.